The number of nitro benzene ring substituents is 1. The summed E-state index contributed by atoms with van der Waals surface area (Å²) in [6.07, 6.45) is 1.000. The van der Waals surface area contributed by atoms with E-state index in [4.69, 9.17) is 4.74 Å². The second kappa shape index (κ2) is 11.2. The van der Waals surface area contributed by atoms with Gasteiger partial charge < -0.3 is 19.3 Å². The van der Waals surface area contributed by atoms with Gasteiger partial charge >= 0.3 is 5.97 Å². The third kappa shape index (κ3) is 5.19. The van der Waals surface area contributed by atoms with Crippen LogP contribution in [0.1, 0.15) is 34.5 Å². The average molecular weight is 562 g/mol. The number of fused-ring (bicyclic) bond motifs is 1. The fraction of sp³-hybridized carbons (Fsp3) is 0.152. The first kappa shape index (κ1) is 26.8. The van der Waals surface area contributed by atoms with E-state index in [0.717, 1.165) is 22.4 Å². The fourth-order valence-electron chi connectivity index (χ4n) is 5.48. The molecule has 1 aliphatic rings. The summed E-state index contributed by atoms with van der Waals surface area (Å²) in [5.74, 6) is -0.574. The van der Waals surface area contributed by atoms with Gasteiger partial charge in [-0.25, -0.2) is 4.79 Å². The number of carbonyl (C=O) groups is 2. The molecular formula is C33H27N3O6. The molecule has 5 aromatic rings. The Hall–Kier alpha value is -5.44. The normalized spacial score (nSPS) is 13.0. The number of carboxylic acid groups (broad SMARTS) is 1. The Kier molecular flexibility index (Phi) is 7.14. The third-order valence-corrected chi connectivity index (χ3v) is 7.48. The number of non-ortho nitro benzene ring substituents is 1. The highest BCUT2D eigenvalue weighted by Gasteiger charge is 2.32. The molecule has 0 saturated carbocycles. The van der Waals surface area contributed by atoms with Gasteiger partial charge in [-0.05, 0) is 46.9 Å². The number of hydrogen-bond acceptors (Lipinski definition) is 5. The summed E-state index contributed by atoms with van der Waals surface area (Å²) in [6.45, 7) is 0.964. The van der Waals surface area contributed by atoms with Gasteiger partial charge in [-0.2, -0.15) is 0 Å². The van der Waals surface area contributed by atoms with Crippen LogP contribution in [0.5, 0.6) is 5.75 Å². The molecule has 0 aliphatic carbocycles. The van der Waals surface area contributed by atoms with Crippen molar-refractivity contribution in [3.8, 4) is 16.9 Å². The fourth-order valence-corrected chi connectivity index (χ4v) is 5.48. The molecule has 1 saturated heterocycles. The first-order chi connectivity index (χ1) is 20.4. The van der Waals surface area contributed by atoms with E-state index < -0.39 is 10.9 Å². The molecule has 1 N–H and O–H groups in total. The number of carboxylic acids is 1. The SMILES string of the molecule is O=C(O)c1c(N2CCCC2=O)c2ccc(-c3ccc(OCc4ccccc4)cc3)cc2n1Cc1cccc([N+](=O)[O-])c1. The average Bonchev–Trinajstić information content (AvgIpc) is 3.57. The van der Waals surface area contributed by atoms with Crippen LogP contribution < -0.4 is 9.64 Å². The molecule has 0 radical (unpaired) electrons. The smallest absolute Gasteiger partial charge is 0.354 e. The van der Waals surface area contributed by atoms with Crippen LogP contribution in [0.25, 0.3) is 22.0 Å². The molecule has 1 amide bonds. The Balaban J connectivity index is 1.42. The number of rotatable bonds is 9. The van der Waals surface area contributed by atoms with Crippen molar-refractivity contribution >= 4 is 34.2 Å². The molecule has 0 spiro atoms. The Morgan fingerprint density at radius 1 is 0.905 bits per heavy atom. The standard InChI is InChI=1S/C33H27N3O6/c37-30-10-5-17-34(30)31-28-16-13-25(24-11-14-27(15-12-24)42-21-22-6-2-1-3-7-22)19-29(28)35(32(31)33(38)39)20-23-8-4-9-26(18-23)36(40)41/h1-4,6-9,11-16,18-19H,5,10,17,20-21H2,(H,38,39). The summed E-state index contributed by atoms with van der Waals surface area (Å²) < 4.78 is 7.56. The lowest BCUT2D eigenvalue weighted by atomic mass is 10.0. The molecule has 0 bridgehead atoms. The highest BCUT2D eigenvalue weighted by molar-refractivity contribution is 6.13. The van der Waals surface area contributed by atoms with Crippen LogP contribution >= 0.6 is 0 Å². The van der Waals surface area contributed by atoms with Crippen LogP contribution in [0.3, 0.4) is 0 Å². The second-order valence-electron chi connectivity index (χ2n) is 10.2. The first-order valence-corrected chi connectivity index (χ1v) is 13.6. The number of aromatic carboxylic acids is 1. The Morgan fingerprint density at radius 2 is 1.64 bits per heavy atom. The maximum atomic E-state index is 12.8. The molecule has 42 heavy (non-hydrogen) atoms. The maximum Gasteiger partial charge on any atom is 0.354 e. The topological polar surface area (TPSA) is 115 Å². The lowest BCUT2D eigenvalue weighted by molar-refractivity contribution is -0.384. The van der Waals surface area contributed by atoms with Gasteiger partial charge in [0.05, 0.1) is 16.1 Å². The minimum atomic E-state index is -1.17. The quantitative estimate of drug-likeness (QED) is 0.159. The number of amides is 1. The van der Waals surface area contributed by atoms with Crippen molar-refractivity contribution in [3.63, 3.8) is 0 Å². The summed E-state index contributed by atoms with van der Waals surface area (Å²) in [5.41, 5.74) is 4.29. The van der Waals surface area contributed by atoms with Crippen LogP contribution in [0, 0.1) is 10.1 Å². The highest BCUT2D eigenvalue weighted by atomic mass is 16.6. The van der Waals surface area contributed by atoms with E-state index in [0.29, 0.717) is 48.1 Å². The molecule has 9 heteroatoms. The molecule has 1 fully saturated rings. The van der Waals surface area contributed by atoms with E-state index in [9.17, 15) is 24.8 Å². The predicted molar refractivity (Wildman–Crippen MR) is 159 cm³/mol. The number of aromatic nitrogens is 1. The number of ether oxygens (including phenoxy) is 1. The molecule has 210 valence electrons. The van der Waals surface area contributed by atoms with Crippen LogP contribution in [0.15, 0.2) is 97.1 Å². The Morgan fingerprint density at radius 3 is 2.33 bits per heavy atom. The summed E-state index contributed by atoms with van der Waals surface area (Å²) in [5, 5.41) is 22.4. The number of carbonyl (C=O) groups excluding carboxylic acids is 1. The van der Waals surface area contributed by atoms with Gasteiger partial charge in [0.1, 0.15) is 12.4 Å². The van der Waals surface area contributed by atoms with Gasteiger partial charge in [0.25, 0.3) is 5.69 Å². The predicted octanol–water partition coefficient (Wildman–Crippen LogP) is 6.67. The van der Waals surface area contributed by atoms with E-state index >= 15 is 0 Å². The monoisotopic (exact) mass is 561 g/mol. The summed E-state index contributed by atoms with van der Waals surface area (Å²) >= 11 is 0. The number of nitrogens with zero attached hydrogens (tertiary/aromatic N) is 3. The van der Waals surface area contributed by atoms with Crippen molar-refractivity contribution in [2.45, 2.75) is 26.0 Å². The van der Waals surface area contributed by atoms with Crippen LogP contribution in [-0.4, -0.2) is 33.0 Å². The highest BCUT2D eigenvalue weighted by Crippen LogP contribution is 2.39. The molecular weight excluding hydrogens is 534 g/mol. The van der Waals surface area contributed by atoms with Gasteiger partial charge in [-0.15, -0.1) is 0 Å². The van der Waals surface area contributed by atoms with Crippen molar-refractivity contribution in [2.75, 3.05) is 11.4 Å². The van der Waals surface area contributed by atoms with Gasteiger partial charge in [-0.3, -0.25) is 14.9 Å². The third-order valence-electron chi connectivity index (χ3n) is 7.48. The van der Waals surface area contributed by atoms with Crippen LogP contribution in [0.2, 0.25) is 0 Å². The van der Waals surface area contributed by atoms with Crippen molar-refractivity contribution in [2.24, 2.45) is 0 Å². The Labute approximate surface area is 241 Å². The van der Waals surface area contributed by atoms with E-state index in [-0.39, 0.29) is 23.8 Å². The van der Waals surface area contributed by atoms with E-state index in [1.165, 1.54) is 12.1 Å². The first-order valence-electron chi connectivity index (χ1n) is 13.6. The van der Waals surface area contributed by atoms with Crippen LogP contribution in [-0.2, 0) is 17.9 Å². The second-order valence-corrected chi connectivity index (χ2v) is 10.2. The van der Waals surface area contributed by atoms with E-state index in [1.807, 2.05) is 72.8 Å². The molecule has 9 nitrogen and oxygen atoms in total. The summed E-state index contributed by atoms with van der Waals surface area (Å²) in [7, 11) is 0. The zero-order valence-electron chi connectivity index (χ0n) is 22.6. The molecule has 1 aliphatic heterocycles. The number of benzene rings is 4. The maximum absolute atomic E-state index is 12.8. The minimum absolute atomic E-state index is 0.0198. The summed E-state index contributed by atoms with van der Waals surface area (Å²) in [6, 6.07) is 29.4. The van der Waals surface area contributed by atoms with Crippen molar-refractivity contribution < 1.29 is 24.4 Å². The lowest BCUT2D eigenvalue weighted by Gasteiger charge is -2.17. The number of anilines is 1. The molecule has 0 unspecified atom stereocenters. The molecule has 0 atom stereocenters. The van der Waals surface area contributed by atoms with Crippen molar-refractivity contribution in [1.29, 1.82) is 0 Å². The number of nitro groups is 1. The van der Waals surface area contributed by atoms with Gasteiger partial charge in [0.2, 0.25) is 5.91 Å². The molecule has 2 heterocycles. The van der Waals surface area contributed by atoms with E-state index in [2.05, 4.69) is 0 Å². The molecule has 6 rings (SSSR count). The Bertz CT molecular complexity index is 1810. The van der Waals surface area contributed by atoms with Crippen LogP contribution in [0.4, 0.5) is 11.4 Å². The van der Waals surface area contributed by atoms with Crippen molar-refractivity contribution in [3.05, 3.63) is 124 Å². The largest absolute Gasteiger partial charge is 0.489 e. The molecule has 4 aromatic carbocycles. The zero-order valence-corrected chi connectivity index (χ0v) is 22.6. The number of hydrogen-bond donors (Lipinski definition) is 1. The van der Waals surface area contributed by atoms with Gasteiger partial charge in [0, 0.05) is 37.0 Å². The van der Waals surface area contributed by atoms with Gasteiger partial charge in [-0.1, -0.05) is 66.7 Å². The lowest BCUT2D eigenvalue weighted by Crippen LogP contribution is -2.26. The van der Waals surface area contributed by atoms with Crippen molar-refractivity contribution in [1.82, 2.24) is 4.57 Å². The molecule has 1 aromatic heterocycles. The zero-order chi connectivity index (χ0) is 29.2. The van der Waals surface area contributed by atoms with Gasteiger partial charge in [0.15, 0.2) is 5.69 Å². The minimum Gasteiger partial charge on any atom is -0.489 e. The summed E-state index contributed by atoms with van der Waals surface area (Å²) in [4.78, 5) is 38.0. The van der Waals surface area contributed by atoms with E-state index in [1.54, 1.807) is 21.6 Å².